The molecule has 0 spiro atoms. The molecular weight excluding hydrogens is 308 g/mol. The summed E-state index contributed by atoms with van der Waals surface area (Å²) in [6.45, 7) is 9.29. The van der Waals surface area contributed by atoms with Crippen LogP contribution in [0.4, 0.5) is 0 Å². The number of nitrogens with zero attached hydrogens (tertiary/aromatic N) is 1. The molecule has 1 aromatic rings. The van der Waals surface area contributed by atoms with Crippen molar-refractivity contribution >= 4 is 21.8 Å². The molecule has 1 saturated heterocycles. The first kappa shape index (κ1) is 16.9. The average molecular weight is 332 g/mol. The van der Waals surface area contributed by atoms with Crippen LogP contribution in [0.25, 0.3) is 0 Å². The second-order valence-electron chi connectivity index (χ2n) is 5.63. The van der Waals surface area contributed by atoms with Crippen molar-refractivity contribution in [1.82, 2.24) is 9.62 Å². The van der Waals surface area contributed by atoms with Crippen molar-refractivity contribution < 1.29 is 12.8 Å². The van der Waals surface area contributed by atoms with Crippen LogP contribution in [-0.2, 0) is 16.6 Å². The first-order chi connectivity index (χ1) is 9.77. The molecule has 0 amide bonds. The van der Waals surface area contributed by atoms with Gasteiger partial charge in [-0.25, -0.2) is 8.42 Å². The highest BCUT2D eigenvalue weighted by Crippen LogP contribution is 2.33. The number of hydrogen-bond acceptors (Lipinski definition) is 5. The van der Waals surface area contributed by atoms with E-state index in [9.17, 15) is 8.42 Å². The fraction of sp³-hybridized carbons (Fsp3) is 0.714. The van der Waals surface area contributed by atoms with Crippen molar-refractivity contribution in [2.24, 2.45) is 0 Å². The molecule has 0 aromatic carbocycles. The van der Waals surface area contributed by atoms with Gasteiger partial charge in [-0.3, -0.25) is 0 Å². The number of hydrogen-bond donors (Lipinski definition) is 1. The smallest absolute Gasteiger partial charge is 0.246 e. The van der Waals surface area contributed by atoms with Gasteiger partial charge in [0.1, 0.15) is 16.4 Å². The van der Waals surface area contributed by atoms with Crippen molar-refractivity contribution in [3.63, 3.8) is 0 Å². The van der Waals surface area contributed by atoms with Gasteiger partial charge in [-0.2, -0.15) is 16.1 Å². The molecule has 1 N–H and O–H groups in total. The Morgan fingerprint density at radius 3 is 2.33 bits per heavy atom. The standard InChI is InChI=1S/C14H24N2O3S2/c1-9-7-16(8-10(2)20-9)21(17,18)14-12(4)19-11(3)13(14)6-15-5/h9-10,15H,6-8H2,1-5H3. The first-order valence-electron chi connectivity index (χ1n) is 7.16. The Balaban J connectivity index is 2.44. The van der Waals surface area contributed by atoms with Crippen LogP contribution in [0.3, 0.4) is 0 Å². The van der Waals surface area contributed by atoms with Gasteiger partial charge in [0.25, 0.3) is 0 Å². The lowest BCUT2D eigenvalue weighted by Crippen LogP contribution is -2.44. The topological polar surface area (TPSA) is 62.6 Å². The summed E-state index contributed by atoms with van der Waals surface area (Å²) in [5.74, 6) is 1.16. The molecule has 1 aliphatic rings. The molecule has 0 radical (unpaired) electrons. The maximum atomic E-state index is 13.0. The third-order valence-electron chi connectivity index (χ3n) is 3.66. The van der Waals surface area contributed by atoms with Crippen LogP contribution in [0.1, 0.15) is 30.9 Å². The summed E-state index contributed by atoms with van der Waals surface area (Å²) in [5, 5.41) is 3.64. The van der Waals surface area contributed by atoms with Crippen molar-refractivity contribution in [3.05, 3.63) is 17.1 Å². The van der Waals surface area contributed by atoms with Crippen LogP contribution in [0.2, 0.25) is 0 Å². The second-order valence-corrected chi connectivity index (χ2v) is 9.39. The molecule has 1 aromatic heterocycles. The zero-order valence-electron chi connectivity index (χ0n) is 13.3. The van der Waals surface area contributed by atoms with Crippen LogP contribution >= 0.6 is 11.8 Å². The lowest BCUT2D eigenvalue weighted by atomic mass is 10.2. The van der Waals surface area contributed by atoms with E-state index in [0.29, 0.717) is 46.6 Å². The van der Waals surface area contributed by atoms with E-state index >= 15 is 0 Å². The third kappa shape index (κ3) is 3.31. The average Bonchev–Trinajstić information content (AvgIpc) is 2.64. The fourth-order valence-corrected chi connectivity index (χ4v) is 6.43. The highest BCUT2D eigenvalue weighted by atomic mass is 32.2. The van der Waals surface area contributed by atoms with E-state index in [1.54, 1.807) is 18.3 Å². The summed E-state index contributed by atoms with van der Waals surface area (Å²) >= 11 is 1.84. The van der Waals surface area contributed by atoms with E-state index in [2.05, 4.69) is 19.2 Å². The molecule has 1 fully saturated rings. The molecule has 7 heteroatoms. The minimum atomic E-state index is -3.50. The summed E-state index contributed by atoms with van der Waals surface area (Å²) in [7, 11) is -1.70. The summed E-state index contributed by atoms with van der Waals surface area (Å²) < 4.78 is 33.3. The molecule has 1 aliphatic heterocycles. The van der Waals surface area contributed by atoms with Gasteiger partial charge in [0, 0.05) is 35.7 Å². The largest absolute Gasteiger partial charge is 0.465 e. The number of rotatable bonds is 4. The van der Waals surface area contributed by atoms with E-state index in [1.807, 2.05) is 18.7 Å². The number of sulfonamides is 1. The van der Waals surface area contributed by atoms with Crippen molar-refractivity contribution in [3.8, 4) is 0 Å². The van der Waals surface area contributed by atoms with Crippen molar-refractivity contribution in [2.75, 3.05) is 20.1 Å². The minimum absolute atomic E-state index is 0.310. The first-order valence-corrected chi connectivity index (χ1v) is 9.54. The molecule has 2 atom stereocenters. The molecule has 0 bridgehead atoms. The van der Waals surface area contributed by atoms with E-state index in [0.717, 1.165) is 5.56 Å². The van der Waals surface area contributed by atoms with Gasteiger partial charge >= 0.3 is 0 Å². The SMILES string of the molecule is CNCc1c(C)oc(C)c1S(=O)(=O)N1CC(C)SC(C)C1. The summed E-state index contributed by atoms with van der Waals surface area (Å²) in [4.78, 5) is 0.348. The highest BCUT2D eigenvalue weighted by Gasteiger charge is 2.36. The van der Waals surface area contributed by atoms with Crippen LogP contribution in [-0.4, -0.2) is 43.4 Å². The van der Waals surface area contributed by atoms with Crippen molar-refractivity contribution in [1.29, 1.82) is 0 Å². The third-order valence-corrected chi connectivity index (χ3v) is 6.92. The number of thioether (sulfide) groups is 1. The normalized spacial score (nSPS) is 24.4. The Morgan fingerprint density at radius 2 is 1.81 bits per heavy atom. The second kappa shape index (κ2) is 6.32. The Hall–Kier alpha value is -0.500. The van der Waals surface area contributed by atoms with Crippen molar-refractivity contribution in [2.45, 2.75) is 49.6 Å². The zero-order valence-corrected chi connectivity index (χ0v) is 14.9. The molecule has 2 heterocycles. The lowest BCUT2D eigenvalue weighted by molar-refractivity contribution is 0.402. The zero-order chi connectivity index (χ0) is 15.8. The summed E-state index contributed by atoms with van der Waals surface area (Å²) in [6, 6.07) is 0. The van der Waals surface area contributed by atoms with Gasteiger partial charge in [0.15, 0.2) is 0 Å². The monoisotopic (exact) mass is 332 g/mol. The fourth-order valence-electron chi connectivity index (χ4n) is 2.88. The lowest BCUT2D eigenvalue weighted by Gasteiger charge is -2.33. The van der Waals surface area contributed by atoms with Gasteiger partial charge in [-0.1, -0.05) is 13.8 Å². The van der Waals surface area contributed by atoms with E-state index in [1.165, 1.54) is 0 Å². The summed E-state index contributed by atoms with van der Waals surface area (Å²) in [6.07, 6.45) is 0. The molecule has 2 rings (SSSR count). The predicted octanol–water partition coefficient (Wildman–Crippen LogP) is 2.13. The predicted molar refractivity (Wildman–Crippen MR) is 86.2 cm³/mol. The molecule has 120 valence electrons. The highest BCUT2D eigenvalue weighted by molar-refractivity contribution is 8.00. The van der Waals surface area contributed by atoms with E-state index < -0.39 is 10.0 Å². The Labute approximate surface area is 131 Å². The Bertz CT molecular complexity index is 600. The van der Waals surface area contributed by atoms with Gasteiger partial charge in [-0.15, -0.1) is 0 Å². The van der Waals surface area contributed by atoms with Crippen LogP contribution in [0.5, 0.6) is 0 Å². The quantitative estimate of drug-likeness (QED) is 0.915. The minimum Gasteiger partial charge on any atom is -0.465 e. The van der Waals surface area contributed by atoms with E-state index in [-0.39, 0.29) is 0 Å². The molecule has 5 nitrogen and oxygen atoms in total. The van der Waals surface area contributed by atoms with Gasteiger partial charge < -0.3 is 9.73 Å². The van der Waals surface area contributed by atoms with Crippen LogP contribution < -0.4 is 5.32 Å². The molecule has 2 unspecified atom stereocenters. The maximum absolute atomic E-state index is 13.0. The molecule has 0 saturated carbocycles. The molecular formula is C14H24N2O3S2. The Morgan fingerprint density at radius 1 is 1.24 bits per heavy atom. The Kier molecular flexibility index (Phi) is 5.07. The number of nitrogens with one attached hydrogen (secondary N) is 1. The number of aryl methyl sites for hydroxylation is 2. The van der Waals surface area contributed by atoms with Crippen LogP contribution in [0, 0.1) is 13.8 Å². The molecule has 0 aliphatic carbocycles. The number of furan rings is 1. The maximum Gasteiger partial charge on any atom is 0.246 e. The van der Waals surface area contributed by atoms with Gasteiger partial charge in [0.05, 0.1) is 0 Å². The van der Waals surface area contributed by atoms with Crippen LogP contribution in [0.15, 0.2) is 9.31 Å². The van der Waals surface area contributed by atoms with Gasteiger partial charge in [-0.05, 0) is 20.9 Å². The van der Waals surface area contributed by atoms with E-state index in [4.69, 9.17) is 4.42 Å². The van der Waals surface area contributed by atoms with Gasteiger partial charge in [0.2, 0.25) is 10.0 Å². The summed E-state index contributed by atoms with van der Waals surface area (Å²) in [5.41, 5.74) is 0.744. The molecule has 21 heavy (non-hydrogen) atoms.